The molecule has 5 nitrogen and oxygen atoms in total. The van der Waals surface area contributed by atoms with E-state index in [2.05, 4.69) is 0 Å². The van der Waals surface area contributed by atoms with Crippen molar-refractivity contribution in [1.29, 1.82) is 0 Å². The Morgan fingerprint density at radius 3 is 2.55 bits per heavy atom. The van der Waals surface area contributed by atoms with E-state index in [9.17, 15) is 14.7 Å². The standard InChI is InChI=1S/C14H16ClNO4/c1-20-8-13(17)16-6-11(12(7-16)14(18)19)9-2-4-10(15)5-3-9/h2-5,11-12H,6-8H2,1H3,(H,18,19)/t11-,12+/m1/s1. The lowest BCUT2D eigenvalue weighted by atomic mass is 9.89. The zero-order valence-corrected chi connectivity index (χ0v) is 11.8. The number of carbonyl (C=O) groups excluding carboxylic acids is 1. The molecule has 0 aliphatic carbocycles. The number of halogens is 1. The average Bonchev–Trinajstić information content (AvgIpc) is 2.85. The van der Waals surface area contributed by atoms with E-state index in [1.54, 1.807) is 17.0 Å². The summed E-state index contributed by atoms with van der Waals surface area (Å²) in [7, 11) is 1.44. The van der Waals surface area contributed by atoms with Crippen molar-refractivity contribution in [2.75, 3.05) is 26.8 Å². The Hall–Kier alpha value is -1.59. The van der Waals surface area contributed by atoms with Gasteiger partial charge < -0.3 is 14.7 Å². The van der Waals surface area contributed by atoms with Crippen LogP contribution in [0.25, 0.3) is 0 Å². The van der Waals surface area contributed by atoms with Gasteiger partial charge in [-0.3, -0.25) is 9.59 Å². The summed E-state index contributed by atoms with van der Waals surface area (Å²) in [6, 6.07) is 7.09. The fourth-order valence-corrected chi connectivity index (χ4v) is 2.65. The molecule has 1 amide bonds. The van der Waals surface area contributed by atoms with Crippen molar-refractivity contribution >= 4 is 23.5 Å². The molecule has 1 aliphatic rings. The van der Waals surface area contributed by atoms with Crippen molar-refractivity contribution in [3.63, 3.8) is 0 Å². The number of benzene rings is 1. The fraction of sp³-hybridized carbons (Fsp3) is 0.429. The molecule has 1 aromatic rings. The lowest BCUT2D eigenvalue weighted by molar-refractivity contribution is -0.142. The van der Waals surface area contributed by atoms with Crippen molar-refractivity contribution < 1.29 is 19.4 Å². The molecule has 1 aromatic carbocycles. The maximum absolute atomic E-state index is 11.8. The van der Waals surface area contributed by atoms with Crippen LogP contribution in [-0.2, 0) is 14.3 Å². The summed E-state index contributed by atoms with van der Waals surface area (Å²) in [5.41, 5.74) is 0.884. The number of amides is 1. The fourth-order valence-electron chi connectivity index (χ4n) is 2.52. The largest absolute Gasteiger partial charge is 0.481 e. The Morgan fingerprint density at radius 2 is 2.00 bits per heavy atom. The Balaban J connectivity index is 2.19. The van der Waals surface area contributed by atoms with E-state index in [0.29, 0.717) is 11.6 Å². The minimum absolute atomic E-state index is 0.0281. The number of rotatable bonds is 4. The maximum atomic E-state index is 11.8. The number of methoxy groups -OCH3 is 1. The van der Waals surface area contributed by atoms with Gasteiger partial charge in [0.05, 0.1) is 5.92 Å². The highest BCUT2D eigenvalue weighted by atomic mass is 35.5. The molecule has 2 rings (SSSR count). The van der Waals surface area contributed by atoms with Crippen LogP contribution in [0, 0.1) is 5.92 Å². The summed E-state index contributed by atoms with van der Waals surface area (Å²) in [6.45, 7) is 0.575. The monoisotopic (exact) mass is 297 g/mol. The van der Waals surface area contributed by atoms with Gasteiger partial charge in [-0.1, -0.05) is 23.7 Å². The maximum Gasteiger partial charge on any atom is 0.308 e. The van der Waals surface area contributed by atoms with Crippen LogP contribution in [0.3, 0.4) is 0 Å². The van der Waals surface area contributed by atoms with Gasteiger partial charge in [-0.15, -0.1) is 0 Å². The Morgan fingerprint density at radius 1 is 1.35 bits per heavy atom. The molecule has 0 unspecified atom stereocenters. The van der Waals surface area contributed by atoms with Crippen molar-refractivity contribution in [2.45, 2.75) is 5.92 Å². The first-order valence-corrected chi connectivity index (χ1v) is 6.65. The van der Waals surface area contributed by atoms with E-state index in [4.69, 9.17) is 16.3 Å². The zero-order chi connectivity index (χ0) is 14.7. The minimum Gasteiger partial charge on any atom is -0.481 e. The number of hydrogen-bond acceptors (Lipinski definition) is 3. The number of carbonyl (C=O) groups is 2. The highest BCUT2D eigenvalue weighted by molar-refractivity contribution is 6.30. The van der Waals surface area contributed by atoms with Crippen LogP contribution in [0.2, 0.25) is 5.02 Å². The summed E-state index contributed by atoms with van der Waals surface area (Å²) >= 11 is 5.84. The van der Waals surface area contributed by atoms with Gasteiger partial charge in [0.15, 0.2) is 0 Å². The van der Waals surface area contributed by atoms with Crippen molar-refractivity contribution in [1.82, 2.24) is 4.90 Å². The molecule has 0 aromatic heterocycles. The van der Waals surface area contributed by atoms with Gasteiger partial charge in [0, 0.05) is 31.1 Å². The van der Waals surface area contributed by atoms with Crippen LogP contribution in [0.4, 0.5) is 0 Å². The van der Waals surface area contributed by atoms with Crippen LogP contribution >= 0.6 is 11.6 Å². The first-order chi connectivity index (χ1) is 9.52. The predicted octanol–water partition coefficient (Wildman–Crippen LogP) is 1.61. The predicted molar refractivity (Wildman–Crippen MR) is 73.8 cm³/mol. The molecule has 0 saturated carbocycles. The van der Waals surface area contributed by atoms with Crippen LogP contribution < -0.4 is 0 Å². The summed E-state index contributed by atoms with van der Waals surface area (Å²) < 4.78 is 4.81. The number of aliphatic carboxylic acids is 1. The molecular weight excluding hydrogens is 282 g/mol. The third-order valence-corrected chi connectivity index (χ3v) is 3.81. The molecule has 6 heteroatoms. The van der Waals surface area contributed by atoms with Gasteiger partial charge in [-0.25, -0.2) is 0 Å². The number of carboxylic acid groups (broad SMARTS) is 1. The molecule has 1 fully saturated rings. The molecule has 0 bridgehead atoms. The lowest BCUT2D eigenvalue weighted by Crippen LogP contribution is -2.32. The summed E-state index contributed by atoms with van der Waals surface area (Å²) in [4.78, 5) is 24.8. The van der Waals surface area contributed by atoms with Crippen molar-refractivity contribution in [2.24, 2.45) is 5.92 Å². The van der Waals surface area contributed by atoms with Gasteiger partial charge >= 0.3 is 5.97 Å². The van der Waals surface area contributed by atoms with E-state index in [-0.39, 0.29) is 25.0 Å². The van der Waals surface area contributed by atoms with E-state index in [1.165, 1.54) is 7.11 Å². The molecule has 1 saturated heterocycles. The smallest absolute Gasteiger partial charge is 0.308 e. The van der Waals surface area contributed by atoms with Crippen molar-refractivity contribution in [3.8, 4) is 0 Å². The van der Waals surface area contributed by atoms with Crippen LogP contribution in [0.15, 0.2) is 24.3 Å². The van der Waals surface area contributed by atoms with Gasteiger partial charge in [0.1, 0.15) is 6.61 Å². The number of hydrogen-bond donors (Lipinski definition) is 1. The zero-order valence-electron chi connectivity index (χ0n) is 11.1. The van der Waals surface area contributed by atoms with E-state index >= 15 is 0 Å². The van der Waals surface area contributed by atoms with Gasteiger partial charge in [0.25, 0.3) is 0 Å². The number of ether oxygens (including phenoxy) is 1. The molecule has 20 heavy (non-hydrogen) atoms. The molecule has 0 radical (unpaired) electrons. The van der Waals surface area contributed by atoms with E-state index < -0.39 is 11.9 Å². The molecular formula is C14H16ClNO4. The number of likely N-dealkylation sites (tertiary alicyclic amines) is 1. The second kappa shape index (κ2) is 6.24. The Bertz CT molecular complexity index is 502. The summed E-state index contributed by atoms with van der Waals surface area (Å²) in [5, 5.41) is 9.94. The minimum atomic E-state index is -0.891. The molecule has 2 atom stereocenters. The molecule has 0 spiro atoms. The average molecular weight is 298 g/mol. The first-order valence-electron chi connectivity index (χ1n) is 6.28. The normalized spacial score (nSPS) is 22.0. The van der Waals surface area contributed by atoms with Crippen molar-refractivity contribution in [3.05, 3.63) is 34.9 Å². The Labute approximate surface area is 122 Å². The second-order valence-corrected chi connectivity index (χ2v) is 5.27. The van der Waals surface area contributed by atoms with Crippen LogP contribution in [-0.4, -0.2) is 48.7 Å². The van der Waals surface area contributed by atoms with E-state index in [0.717, 1.165) is 5.56 Å². The summed E-state index contributed by atoms with van der Waals surface area (Å²) in [6.07, 6.45) is 0. The van der Waals surface area contributed by atoms with Crippen LogP contribution in [0.5, 0.6) is 0 Å². The van der Waals surface area contributed by atoms with E-state index in [1.807, 2.05) is 12.1 Å². The molecule has 1 heterocycles. The van der Waals surface area contributed by atoms with Gasteiger partial charge in [0.2, 0.25) is 5.91 Å². The third-order valence-electron chi connectivity index (χ3n) is 3.56. The molecule has 1 N–H and O–H groups in total. The molecule has 108 valence electrons. The molecule has 1 aliphatic heterocycles. The highest BCUT2D eigenvalue weighted by Crippen LogP contribution is 2.33. The first kappa shape index (κ1) is 14.8. The number of carboxylic acids is 1. The third kappa shape index (κ3) is 3.11. The number of nitrogens with zero attached hydrogens (tertiary/aromatic N) is 1. The van der Waals surface area contributed by atoms with Crippen LogP contribution in [0.1, 0.15) is 11.5 Å². The second-order valence-electron chi connectivity index (χ2n) is 4.83. The topological polar surface area (TPSA) is 66.8 Å². The Kier molecular flexibility index (Phi) is 4.62. The SMILES string of the molecule is COCC(=O)N1C[C@H](C(=O)O)[C@@H](c2ccc(Cl)cc2)C1. The lowest BCUT2D eigenvalue weighted by Gasteiger charge is -2.16. The summed E-state index contributed by atoms with van der Waals surface area (Å²) in [5.74, 6) is -1.89. The highest BCUT2D eigenvalue weighted by Gasteiger charge is 2.40. The van der Waals surface area contributed by atoms with Gasteiger partial charge in [-0.2, -0.15) is 0 Å². The van der Waals surface area contributed by atoms with Gasteiger partial charge in [-0.05, 0) is 17.7 Å². The quantitative estimate of drug-likeness (QED) is 0.917.